The zero-order valence-corrected chi connectivity index (χ0v) is 12.9. The number of carbonyl (C=O) groups excluding carboxylic acids is 2. The van der Waals surface area contributed by atoms with Crippen molar-refractivity contribution in [3.63, 3.8) is 0 Å². The van der Waals surface area contributed by atoms with Crippen LogP contribution in [0.1, 0.15) is 32.3 Å². The van der Waals surface area contributed by atoms with Gasteiger partial charge in [0.15, 0.2) is 0 Å². The highest BCUT2D eigenvalue weighted by molar-refractivity contribution is 5.96. The number of nitrogens with one attached hydrogen (secondary N) is 3. The van der Waals surface area contributed by atoms with Gasteiger partial charge in [-0.2, -0.15) is 0 Å². The second-order valence-corrected chi connectivity index (χ2v) is 6.01. The van der Waals surface area contributed by atoms with Crippen LogP contribution in [0.3, 0.4) is 0 Å². The lowest BCUT2D eigenvalue weighted by atomic mass is 9.82. The number of hydrogen-bond donors (Lipinski definition) is 3. The maximum atomic E-state index is 12.4. The zero-order chi connectivity index (χ0) is 15.5. The van der Waals surface area contributed by atoms with E-state index in [9.17, 15) is 9.59 Å². The van der Waals surface area contributed by atoms with Crippen LogP contribution in [0.4, 0.5) is 11.4 Å². The number of hydrogen-bond acceptors (Lipinski definition) is 3. The number of aryl methyl sites for hydroxylation is 1. The Kier molecular flexibility index (Phi) is 4.63. The molecular weight excluding hydrogens is 266 g/mol. The van der Waals surface area contributed by atoms with Gasteiger partial charge in [0.1, 0.15) is 0 Å². The highest BCUT2D eigenvalue weighted by Crippen LogP contribution is 2.28. The summed E-state index contributed by atoms with van der Waals surface area (Å²) in [6.07, 6.45) is 1.92. The zero-order valence-electron chi connectivity index (χ0n) is 12.9. The van der Waals surface area contributed by atoms with Crippen molar-refractivity contribution >= 4 is 23.2 Å². The third kappa shape index (κ3) is 3.82. The molecular formula is C16H23N3O2. The van der Waals surface area contributed by atoms with Crippen LogP contribution in [0.25, 0.3) is 0 Å². The quantitative estimate of drug-likeness (QED) is 0.799. The summed E-state index contributed by atoms with van der Waals surface area (Å²) in [6, 6.07) is 5.51. The smallest absolute Gasteiger partial charge is 0.231 e. The van der Waals surface area contributed by atoms with Gasteiger partial charge < -0.3 is 16.0 Å². The summed E-state index contributed by atoms with van der Waals surface area (Å²) < 4.78 is 0. The molecule has 0 saturated carbocycles. The van der Waals surface area contributed by atoms with Crippen molar-refractivity contribution in [1.29, 1.82) is 0 Å². The molecule has 5 heteroatoms. The Morgan fingerprint density at radius 3 is 2.62 bits per heavy atom. The Labute approximate surface area is 125 Å². The van der Waals surface area contributed by atoms with Crippen LogP contribution >= 0.6 is 0 Å². The van der Waals surface area contributed by atoms with Gasteiger partial charge in [0.05, 0.1) is 5.41 Å². The Morgan fingerprint density at radius 1 is 1.29 bits per heavy atom. The molecule has 1 unspecified atom stereocenters. The molecule has 0 spiro atoms. The summed E-state index contributed by atoms with van der Waals surface area (Å²) in [5.41, 5.74) is 2.10. The van der Waals surface area contributed by atoms with Gasteiger partial charge in [-0.25, -0.2) is 0 Å². The molecule has 114 valence electrons. The fourth-order valence-corrected chi connectivity index (χ4v) is 2.60. The van der Waals surface area contributed by atoms with E-state index in [0.29, 0.717) is 6.54 Å². The maximum Gasteiger partial charge on any atom is 0.231 e. The molecule has 1 fully saturated rings. The van der Waals surface area contributed by atoms with E-state index in [1.54, 1.807) is 0 Å². The fourth-order valence-electron chi connectivity index (χ4n) is 2.60. The first kappa shape index (κ1) is 15.5. The van der Waals surface area contributed by atoms with Crippen LogP contribution in [0, 0.1) is 12.3 Å². The van der Waals surface area contributed by atoms with Crippen molar-refractivity contribution in [2.24, 2.45) is 5.41 Å². The van der Waals surface area contributed by atoms with Gasteiger partial charge >= 0.3 is 0 Å². The molecule has 1 saturated heterocycles. The van der Waals surface area contributed by atoms with Gasteiger partial charge in [0.25, 0.3) is 0 Å². The lowest BCUT2D eigenvalue weighted by Gasteiger charge is -2.32. The summed E-state index contributed by atoms with van der Waals surface area (Å²) in [7, 11) is 0. The van der Waals surface area contributed by atoms with E-state index in [-0.39, 0.29) is 17.2 Å². The number of anilines is 2. The Balaban J connectivity index is 2.07. The molecule has 1 aliphatic rings. The van der Waals surface area contributed by atoms with Crippen LogP contribution < -0.4 is 16.0 Å². The van der Waals surface area contributed by atoms with E-state index in [1.807, 2.05) is 32.0 Å². The molecule has 2 rings (SSSR count). The van der Waals surface area contributed by atoms with Gasteiger partial charge in [0, 0.05) is 24.8 Å². The third-order valence-corrected chi connectivity index (χ3v) is 3.94. The summed E-state index contributed by atoms with van der Waals surface area (Å²) in [5, 5.41) is 9.02. The summed E-state index contributed by atoms with van der Waals surface area (Å²) in [6.45, 7) is 7.07. The number of benzene rings is 1. The van der Waals surface area contributed by atoms with E-state index >= 15 is 0 Å². The average Bonchev–Trinajstić information content (AvgIpc) is 2.42. The van der Waals surface area contributed by atoms with Crippen molar-refractivity contribution in [3.8, 4) is 0 Å². The van der Waals surface area contributed by atoms with E-state index in [0.717, 1.165) is 36.3 Å². The highest BCUT2D eigenvalue weighted by atomic mass is 16.2. The largest absolute Gasteiger partial charge is 0.326 e. The van der Waals surface area contributed by atoms with Crippen molar-refractivity contribution in [2.45, 2.75) is 33.6 Å². The minimum atomic E-state index is -0.359. The Hall–Kier alpha value is -1.88. The van der Waals surface area contributed by atoms with E-state index < -0.39 is 0 Å². The SMILES string of the molecule is CC(=O)Nc1ccc(NC(=O)C2(C)CCCNC2)cc1C. The average molecular weight is 289 g/mol. The van der Waals surface area contributed by atoms with Crippen LogP contribution in [0.15, 0.2) is 18.2 Å². The predicted molar refractivity (Wildman–Crippen MR) is 84.3 cm³/mol. The molecule has 1 aromatic carbocycles. The van der Waals surface area contributed by atoms with E-state index in [1.165, 1.54) is 6.92 Å². The standard InChI is InChI=1S/C16H23N3O2/c1-11-9-13(5-6-14(11)18-12(2)20)19-15(21)16(3)7-4-8-17-10-16/h5-6,9,17H,4,7-8,10H2,1-3H3,(H,18,20)(H,19,21). The summed E-state index contributed by atoms with van der Waals surface area (Å²) >= 11 is 0. The molecule has 5 nitrogen and oxygen atoms in total. The molecule has 0 radical (unpaired) electrons. The van der Waals surface area contributed by atoms with Gasteiger partial charge in [-0.15, -0.1) is 0 Å². The van der Waals surface area contributed by atoms with Crippen molar-refractivity contribution in [3.05, 3.63) is 23.8 Å². The lowest BCUT2D eigenvalue weighted by Crippen LogP contribution is -2.46. The number of piperidine rings is 1. The molecule has 1 aromatic rings. The minimum Gasteiger partial charge on any atom is -0.326 e. The second-order valence-electron chi connectivity index (χ2n) is 6.01. The summed E-state index contributed by atoms with van der Waals surface area (Å²) in [5.74, 6) is -0.0583. The topological polar surface area (TPSA) is 70.2 Å². The Bertz CT molecular complexity index is 548. The number of carbonyl (C=O) groups is 2. The minimum absolute atomic E-state index is 0.0429. The normalized spacial score (nSPS) is 21.7. The number of rotatable bonds is 3. The van der Waals surface area contributed by atoms with E-state index in [4.69, 9.17) is 0 Å². The van der Waals surface area contributed by atoms with E-state index in [2.05, 4.69) is 16.0 Å². The first-order valence-corrected chi connectivity index (χ1v) is 7.31. The van der Waals surface area contributed by atoms with Crippen molar-refractivity contribution < 1.29 is 9.59 Å². The molecule has 3 N–H and O–H groups in total. The molecule has 1 atom stereocenters. The predicted octanol–water partition coefficient (Wildman–Crippen LogP) is 2.28. The molecule has 21 heavy (non-hydrogen) atoms. The first-order chi connectivity index (χ1) is 9.90. The highest BCUT2D eigenvalue weighted by Gasteiger charge is 2.34. The van der Waals surface area contributed by atoms with Crippen LogP contribution in [0.5, 0.6) is 0 Å². The lowest BCUT2D eigenvalue weighted by molar-refractivity contribution is -0.125. The second kappa shape index (κ2) is 6.26. The summed E-state index contributed by atoms with van der Waals surface area (Å²) in [4.78, 5) is 23.5. The fraction of sp³-hybridized carbons (Fsp3) is 0.500. The molecule has 0 bridgehead atoms. The first-order valence-electron chi connectivity index (χ1n) is 7.31. The Morgan fingerprint density at radius 2 is 2.05 bits per heavy atom. The monoisotopic (exact) mass is 289 g/mol. The van der Waals surface area contributed by atoms with Crippen molar-refractivity contribution in [2.75, 3.05) is 23.7 Å². The van der Waals surface area contributed by atoms with Crippen LogP contribution in [0.2, 0.25) is 0 Å². The van der Waals surface area contributed by atoms with Crippen LogP contribution in [-0.4, -0.2) is 24.9 Å². The molecule has 2 amide bonds. The number of amides is 2. The van der Waals surface area contributed by atoms with Gasteiger partial charge in [-0.05, 0) is 57.0 Å². The maximum absolute atomic E-state index is 12.4. The molecule has 0 aliphatic carbocycles. The third-order valence-electron chi connectivity index (χ3n) is 3.94. The van der Waals surface area contributed by atoms with Gasteiger partial charge in [-0.1, -0.05) is 0 Å². The molecule has 1 heterocycles. The molecule has 0 aromatic heterocycles. The van der Waals surface area contributed by atoms with Crippen LogP contribution in [-0.2, 0) is 9.59 Å². The van der Waals surface area contributed by atoms with Gasteiger partial charge in [0.2, 0.25) is 11.8 Å². The molecule has 1 aliphatic heterocycles. The van der Waals surface area contributed by atoms with Gasteiger partial charge in [-0.3, -0.25) is 9.59 Å². The van der Waals surface area contributed by atoms with Crippen molar-refractivity contribution in [1.82, 2.24) is 5.32 Å².